The number of thioether (sulfide) groups is 1. The molecule has 0 radical (unpaired) electrons. The van der Waals surface area contributed by atoms with Crippen LogP contribution in [0.15, 0.2) is 4.99 Å². The highest BCUT2D eigenvalue weighted by Gasteiger charge is 2.17. The lowest BCUT2D eigenvalue weighted by Crippen LogP contribution is -2.25. The number of nitrogens with zero attached hydrogens (tertiary/aromatic N) is 1. The third kappa shape index (κ3) is 8.33. The smallest absolute Gasteiger partial charge is 0.261 e. The quantitative estimate of drug-likeness (QED) is 0.604. The summed E-state index contributed by atoms with van der Waals surface area (Å²) in [5, 5.41) is 1.39. The number of nitrogens with two attached hydrogens (primary N) is 1. The Bertz CT molecular complexity index is 292. The maximum absolute atomic E-state index is 9.19. The molecule has 0 fully saturated rings. The highest BCUT2D eigenvalue weighted by atomic mass is 32.2. The Balaban J connectivity index is 0.000000292. The molecule has 7 heteroatoms. The van der Waals surface area contributed by atoms with Crippen LogP contribution in [0.4, 0.5) is 0 Å². The van der Waals surface area contributed by atoms with E-state index in [9.17, 15) is 8.42 Å². The second-order valence-corrected chi connectivity index (χ2v) is 6.08. The molecular weight excluding hydrogens is 224 g/mol. The van der Waals surface area contributed by atoms with Crippen LogP contribution >= 0.6 is 11.8 Å². The molecule has 0 bridgehead atoms. The maximum atomic E-state index is 9.19. The molecule has 0 aromatic carbocycles. The van der Waals surface area contributed by atoms with Crippen LogP contribution in [-0.4, -0.2) is 36.2 Å². The van der Waals surface area contributed by atoms with Crippen molar-refractivity contribution in [3.63, 3.8) is 0 Å². The third-order valence-corrected chi connectivity index (χ3v) is 2.85. The summed E-state index contributed by atoms with van der Waals surface area (Å²) in [7, 11) is -3.67. The predicted molar refractivity (Wildman–Crippen MR) is 60.2 cm³/mol. The Morgan fingerprint density at radius 2 is 2.00 bits per heavy atom. The molecule has 0 amide bonds. The number of hydrogen-bond donors (Lipinski definition) is 2. The molecule has 1 aliphatic heterocycles. The Morgan fingerprint density at radius 1 is 1.57 bits per heavy atom. The van der Waals surface area contributed by atoms with Crippen molar-refractivity contribution in [1.29, 1.82) is 0 Å². The number of hydrogen-bond acceptors (Lipinski definition) is 5. The van der Waals surface area contributed by atoms with E-state index in [1.165, 1.54) is 0 Å². The molecule has 2 atom stereocenters. The van der Waals surface area contributed by atoms with Crippen LogP contribution in [0.1, 0.15) is 13.8 Å². The van der Waals surface area contributed by atoms with E-state index in [2.05, 4.69) is 18.8 Å². The standard InChI is InChI=1S/C6H12N2S.CH4O3S/c1-4-3-8-6(7)9-5(4)2;1-5(2,3)4/h4-5H,3H2,1-2H3,(H2,7,8);1H3,(H,2,3,4)/t4-,5-;/m1./s1. The van der Waals surface area contributed by atoms with E-state index in [0.29, 0.717) is 17.4 Å². The van der Waals surface area contributed by atoms with Crippen molar-refractivity contribution in [2.24, 2.45) is 16.6 Å². The first-order valence-corrected chi connectivity index (χ1v) is 6.82. The maximum Gasteiger partial charge on any atom is 0.261 e. The van der Waals surface area contributed by atoms with Crippen molar-refractivity contribution < 1.29 is 13.0 Å². The Kier molecular flexibility index (Phi) is 5.46. The summed E-state index contributed by atoms with van der Waals surface area (Å²) < 4.78 is 25.9. The van der Waals surface area contributed by atoms with Crippen molar-refractivity contribution in [2.45, 2.75) is 19.1 Å². The largest absolute Gasteiger partial charge is 0.379 e. The average molecular weight is 240 g/mol. The van der Waals surface area contributed by atoms with Crippen LogP contribution in [0, 0.1) is 5.92 Å². The monoisotopic (exact) mass is 240 g/mol. The van der Waals surface area contributed by atoms with Gasteiger partial charge in [0.1, 0.15) is 0 Å². The van der Waals surface area contributed by atoms with Crippen LogP contribution in [0.2, 0.25) is 0 Å². The van der Waals surface area contributed by atoms with Gasteiger partial charge in [0.05, 0.1) is 6.26 Å². The summed E-state index contributed by atoms with van der Waals surface area (Å²) in [5.74, 6) is 0.683. The Morgan fingerprint density at radius 3 is 2.29 bits per heavy atom. The lowest BCUT2D eigenvalue weighted by Gasteiger charge is -2.21. The summed E-state index contributed by atoms with van der Waals surface area (Å²) in [6, 6.07) is 0. The molecule has 5 nitrogen and oxygen atoms in total. The predicted octanol–water partition coefficient (Wildman–Crippen LogP) is 0.577. The summed E-state index contributed by atoms with van der Waals surface area (Å²) >= 11 is 1.68. The number of amidine groups is 1. The van der Waals surface area contributed by atoms with Crippen LogP contribution in [0.3, 0.4) is 0 Å². The molecular formula is C7H16N2O3S2. The first-order valence-electron chi connectivity index (χ1n) is 4.09. The zero-order valence-electron chi connectivity index (χ0n) is 8.47. The first kappa shape index (κ1) is 13.7. The number of rotatable bonds is 0. The van der Waals surface area contributed by atoms with Crippen LogP contribution in [0.25, 0.3) is 0 Å². The molecule has 0 aliphatic carbocycles. The van der Waals surface area contributed by atoms with E-state index in [1.54, 1.807) is 11.8 Å². The highest BCUT2D eigenvalue weighted by molar-refractivity contribution is 8.14. The highest BCUT2D eigenvalue weighted by Crippen LogP contribution is 2.23. The minimum Gasteiger partial charge on any atom is -0.379 e. The van der Waals surface area contributed by atoms with Gasteiger partial charge in [0.15, 0.2) is 5.17 Å². The Labute approximate surface area is 88.9 Å². The van der Waals surface area contributed by atoms with E-state index in [-0.39, 0.29) is 0 Å². The average Bonchev–Trinajstić information content (AvgIpc) is 1.94. The van der Waals surface area contributed by atoms with Gasteiger partial charge < -0.3 is 5.73 Å². The fourth-order valence-corrected chi connectivity index (χ4v) is 1.57. The summed E-state index contributed by atoms with van der Waals surface area (Å²) in [5.41, 5.74) is 5.50. The molecule has 0 spiro atoms. The fraction of sp³-hybridized carbons (Fsp3) is 0.857. The van der Waals surface area contributed by atoms with Gasteiger partial charge in [-0.25, -0.2) is 0 Å². The normalized spacial score (nSPS) is 27.3. The summed E-state index contributed by atoms with van der Waals surface area (Å²) in [4.78, 5) is 4.12. The van der Waals surface area contributed by atoms with Gasteiger partial charge in [0, 0.05) is 11.8 Å². The zero-order chi connectivity index (χ0) is 11.4. The van der Waals surface area contributed by atoms with Gasteiger partial charge in [-0.3, -0.25) is 9.55 Å². The van der Waals surface area contributed by atoms with Crippen molar-refractivity contribution in [2.75, 3.05) is 12.8 Å². The van der Waals surface area contributed by atoms with Crippen molar-refractivity contribution in [3.8, 4) is 0 Å². The molecule has 1 heterocycles. The summed E-state index contributed by atoms with van der Waals surface area (Å²) in [6.07, 6.45) is 0.715. The van der Waals surface area contributed by atoms with E-state index >= 15 is 0 Å². The van der Waals surface area contributed by atoms with E-state index < -0.39 is 10.1 Å². The van der Waals surface area contributed by atoms with Gasteiger partial charge in [0.25, 0.3) is 10.1 Å². The zero-order valence-corrected chi connectivity index (χ0v) is 10.1. The lowest BCUT2D eigenvalue weighted by atomic mass is 10.1. The second-order valence-electron chi connectivity index (χ2n) is 3.21. The second kappa shape index (κ2) is 5.57. The van der Waals surface area contributed by atoms with Crippen LogP contribution in [-0.2, 0) is 10.1 Å². The SMILES string of the molecule is CS(=O)(=O)O.C[C@@H]1CN=C(N)S[C@@H]1C. The molecule has 0 unspecified atom stereocenters. The van der Waals surface area contributed by atoms with Crippen molar-refractivity contribution in [3.05, 3.63) is 0 Å². The van der Waals surface area contributed by atoms with E-state index in [0.717, 1.165) is 11.7 Å². The number of aliphatic imine (C=N–C) groups is 1. The van der Waals surface area contributed by atoms with Gasteiger partial charge in [-0.2, -0.15) is 8.42 Å². The topological polar surface area (TPSA) is 92.8 Å². The molecule has 1 rings (SSSR count). The van der Waals surface area contributed by atoms with Crippen molar-refractivity contribution in [1.82, 2.24) is 0 Å². The van der Waals surface area contributed by atoms with Gasteiger partial charge in [0.2, 0.25) is 0 Å². The molecule has 84 valence electrons. The molecule has 3 N–H and O–H groups in total. The molecule has 1 aliphatic rings. The molecule has 14 heavy (non-hydrogen) atoms. The molecule has 0 aromatic rings. The first-order chi connectivity index (χ1) is 6.20. The Hall–Kier alpha value is -0.270. The van der Waals surface area contributed by atoms with Crippen molar-refractivity contribution >= 4 is 27.0 Å². The van der Waals surface area contributed by atoms with Gasteiger partial charge in [-0.1, -0.05) is 25.6 Å². The minimum atomic E-state index is -3.67. The minimum absolute atomic E-state index is 0.641. The summed E-state index contributed by atoms with van der Waals surface area (Å²) in [6.45, 7) is 5.30. The molecule has 0 saturated carbocycles. The fourth-order valence-electron chi connectivity index (χ4n) is 0.726. The van der Waals surface area contributed by atoms with E-state index in [4.69, 9.17) is 10.3 Å². The van der Waals surface area contributed by atoms with Gasteiger partial charge in [-0.05, 0) is 5.92 Å². The van der Waals surface area contributed by atoms with Gasteiger partial charge in [-0.15, -0.1) is 0 Å². The van der Waals surface area contributed by atoms with Gasteiger partial charge >= 0.3 is 0 Å². The van der Waals surface area contributed by atoms with E-state index in [1.807, 2.05) is 0 Å². The molecule has 0 aromatic heterocycles. The van der Waals surface area contributed by atoms with Crippen LogP contribution < -0.4 is 5.73 Å². The lowest BCUT2D eigenvalue weighted by molar-refractivity contribution is 0.490. The molecule has 0 saturated heterocycles. The van der Waals surface area contributed by atoms with Crippen LogP contribution in [0.5, 0.6) is 0 Å². The third-order valence-electron chi connectivity index (χ3n) is 1.64.